The van der Waals surface area contributed by atoms with Gasteiger partial charge in [0.05, 0.1) is 20.9 Å². The number of thioether (sulfide) groups is 2. The Morgan fingerprint density at radius 3 is 1.81 bits per heavy atom. The van der Waals surface area contributed by atoms with E-state index < -0.39 is 0 Å². The number of carbonyl (C=O) groups is 2. The van der Waals surface area contributed by atoms with Gasteiger partial charge in [0.1, 0.15) is 9.81 Å². The van der Waals surface area contributed by atoms with Gasteiger partial charge in [-0.15, -0.1) is 23.5 Å². The lowest BCUT2D eigenvalue weighted by Gasteiger charge is -2.33. The number of hydrogen-bond donors (Lipinski definition) is 0. The summed E-state index contributed by atoms with van der Waals surface area (Å²) in [6, 6.07) is 0. The van der Waals surface area contributed by atoms with Crippen molar-refractivity contribution in [2.24, 2.45) is 0 Å². The van der Waals surface area contributed by atoms with Crippen molar-refractivity contribution in [3.8, 4) is 0 Å². The maximum absolute atomic E-state index is 11.6. The third kappa shape index (κ3) is 4.34. The van der Waals surface area contributed by atoms with E-state index >= 15 is 0 Å². The highest BCUT2D eigenvalue weighted by molar-refractivity contribution is 8.04. The quantitative estimate of drug-likeness (QED) is 0.710. The van der Waals surface area contributed by atoms with Crippen LogP contribution in [0.5, 0.6) is 0 Å². The van der Waals surface area contributed by atoms with Gasteiger partial charge in [0.25, 0.3) is 0 Å². The van der Waals surface area contributed by atoms with Gasteiger partial charge in [-0.05, 0) is 0 Å². The van der Waals surface area contributed by atoms with Gasteiger partial charge in [-0.2, -0.15) is 0 Å². The maximum Gasteiger partial charge on any atom is 0.345 e. The van der Waals surface area contributed by atoms with Crippen molar-refractivity contribution in [3.63, 3.8) is 0 Å². The molecule has 2 heterocycles. The molecule has 6 nitrogen and oxygen atoms in total. The minimum absolute atomic E-state index is 0.301. The Labute approximate surface area is 132 Å². The minimum atomic E-state index is -0.301. The molecule has 0 bridgehead atoms. The monoisotopic (exact) mass is 330 g/mol. The average molecular weight is 330 g/mol. The zero-order valence-corrected chi connectivity index (χ0v) is 13.7. The first-order valence-corrected chi connectivity index (χ1v) is 8.45. The van der Waals surface area contributed by atoms with Crippen molar-refractivity contribution < 1.29 is 19.1 Å². The molecule has 2 rings (SSSR count). The molecule has 0 spiro atoms. The zero-order chi connectivity index (χ0) is 15.2. The summed E-state index contributed by atoms with van der Waals surface area (Å²) in [6.07, 6.45) is 3.65. The molecule has 2 aliphatic heterocycles. The second kappa shape index (κ2) is 7.65. The summed E-state index contributed by atoms with van der Waals surface area (Å²) in [7, 11) is 2.77. The molecular formula is C13H18N2O4S2. The van der Waals surface area contributed by atoms with Crippen LogP contribution in [-0.2, 0) is 19.1 Å². The van der Waals surface area contributed by atoms with Crippen molar-refractivity contribution in [1.82, 2.24) is 9.80 Å². The summed E-state index contributed by atoms with van der Waals surface area (Å²) in [5.74, 6) is 1.09. The number of methoxy groups -OCH3 is 2. The lowest BCUT2D eigenvalue weighted by atomic mass is 10.4. The fourth-order valence-corrected chi connectivity index (χ4v) is 3.90. The molecule has 0 radical (unpaired) electrons. The molecule has 8 heteroatoms. The molecule has 0 fully saturated rings. The van der Waals surface area contributed by atoms with E-state index in [0.29, 0.717) is 16.5 Å². The molecule has 116 valence electrons. The fraction of sp³-hybridized carbons (Fsp3) is 0.538. The lowest BCUT2D eigenvalue weighted by Crippen LogP contribution is -2.38. The Morgan fingerprint density at radius 2 is 1.43 bits per heavy atom. The van der Waals surface area contributed by atoms with Gasteiger partial charge in [0.2, 0.25) is 0 Å². The second-order valence-electron chi connectivity index (χ2n) is 4.43. The molecule has 0 aromatic carbocycles. The van der Waals surface area contributed by atoms with Crippen LogP contribution in [0, 0.1) is 0 Å². The van der Waals surface area contributed by atoms with E-state index in [1.807, 2.05) is 12.4 Å². The smallest absolute Gasteiger partial charge is 0.345 e. The molecular weight excluding hydrogens is 312 g/mol. The molecule has 0 aromatic heterocycles. The van der Waals surface area contributed by atoms with Crippen molar-refractivity contribution in [2.75, 3.05) is 45.5 Å². The van der Waals surface area contributed by atoms with Gasteiger partial charge in [-0.25, -0.2) is 9.59 Å². The van der Waals surface area contributed by atoms with Crippen LogP contribution < -0.4 is 0 Å². The second-order valence-corrected chi connectivity index (χ2v) is 6.71. The first-order valence-electron chi connectivity index (χ1n) is 6.48. The van der Waals surface area contributed by atoms with E-state index in [1.54, 1.807) is 0 Å². The van der Waals surface area contributed by atoms with Crippen LogP contribution in [0.1, 0.15) is 0 Å². The SMILES string of the molecule is COC(=O)C1=CN(CN2C=C(C(=O)OC)SCC2)CCS1. The summed E-state index contributed by atoms with van der Waals surface area (Å²) in [4.78, 5) is 28.5. The van der Waals surface area contributed by atoms with Crippen LogP contribution in [0.25, 0.3) is 0 Å². The Bertz CT molecular complexity index is 437. The third-order valence-corrected chi connectivity index (χ3v) is 4.95. The molecule has 0 aromatic rings. The van der Waals surface area contributed by atoms with Crippen LogP contribution >= 0.6 is 23.5 Å². The van der Waals surface area contributed by atoms with E-state index in [1.165, 1.54) is 37.7 Å². The Kier molecular flexibility index (Phi) is 5.86. The number of carbonyl (C=O) groups excluding carboxylic acids is 2. The Morgan fingerprint density at radius 1 is 1.00 bits per heavy atom. The van der Waals surface area contributed by atoms with Gasteiger partial charge < -0.3 is 19.3 Å². The molecule has 0 saturated heterocycles. The highest BCUT2D eigenvalue weighted by Crippen LogP contribution is 2.25. The van der Waals surface area contributed by atoms with E-state index in [9.17, 15) is 9.59 Å². The molecule has 0 N–H and O–H groups in total. The first kappa shape index (κ1) is 16.1. The van der Waals surface area contributed by atoms with E-state index in [-0.39, 0.29) is 11.9 Å². The summed E-state index contributed by atoms with van der Waals surface area (Å²) < 4.78 is 9.49. The number of nitrogens with zero attached hydrogens (tertiary/aromatic N) is 2. The Balaban J connectivity index is 2.00. The summed E-state index contributed by atoms with van der Waals surface area (Å²) in [5.41, 5.74) is 0. The van der Waals surface area contributed by atoms with Gasteiger partial charge >= 0.3 is 11.9 Å². The van der Waals surface area contributed by atoms with Gasteiger partial charge in [-0.1, -0.05) is 0 Å². The van der Waals surface area contributed by atoms with Crippen molar-refractivity contribution in [2.45, 2.75) is 0 Å². The number of ether oxygens (including phenoxy) is 2. The van der Waals surface area contributed by atoms with Crippen LogP contribution in [0.3, 0.4) is 0 Å². The first-order chi connectivity index (χ1) is 10.1. The lowest BCUT2D eigenvalue weighted by molar-refractivity contribution is -0.136. The van der Waals surface area contributed by atoms with E-state index in [4.69, 9.17) is 9.47 Å². The van der Waals surface area contributed by atoms with Crippen molar-refractivity contribution in [3.05, 3.63) is 22.2 Å². The van der Waals surface area contributed by atoms with Crippen LogP contribution in [0.15, 0.2) is 22.2 Å². The molecule has 21 heavy (non-hydrogen) atoms. The highest BCUT2D eigenvalue weighted by Gasteiger charge is 2.21. The maximum atomic E-state index is 11.6. The minimum Gasteiger partial charge on any atom is -0.465 e. The number of hydrogen-bond acceptors (Lipinski definition) is 8. The fourth-order valence-electron chi connectivity index (χ4n) is 1.96. The molecule has 0 saturated carbocycles. The van der Waals surface area contributed by atoms with Crippen LogP contribution in [0.2, 0.25) is 0 Å². The normalized spacial score (nSPS) is 18.8. The van der Waals surface area contributed by atoms with Gasteiger partial charge in [-0.3, -0.25) is 0 Å². The Hall–Kier alpha value is -1.28. The molecule has 2 aliphatic rings. The molecule has 0 aliphatic carbocycles. The molecule has 0 amide bonds. The van der Waals surface area contributed by atoms with Crippen molar-refractivity contribution >= 4 is 35.5 Å². The summed E-state index contributed by atoms with van der Waals surface area (Å²) in [6.45, 7) is 2.36. The number of rotatable bonds is 4. The molecule has 0 atom stereocenters. The average Bonchev–Trinajstić information content (AvgIpc) is 2.53. The van der Waals surface area contributed by atoms with Crippen molar-refractivity contribution in [1.29, 1.82) is 0 Å². The third-order valence-electron chi connectivity index (χ3n) is 3.01. The van der Waals surface area contributed by atoms with Gasteiger partial charge in [0.15, 0.2) is 0 Å². The highest BCUT2D eigenvalue weighted by atomic mass is 32.2. The zero-order valence-electron chi connectivity index (χ0n) is 12.0. The van der Waals surface area contributed by atoms with E-state index in [0.717, 1.165) is 24.6 Å². The summed E-state index contributed by atoms with van der Waals surface area (Å²) >= 11 is 3.01. The van der Waals surface area contributed by atoms with Gasteiger partial charge in [0, 0.05) is 37.0 Å². The van der Waals surface area contributed by atoms with Crippen LogP contribution in [-0.4, -0.2) is 67.2 Å². The topological polar surface area (TPSA) is 59.1 Å². The predicted octanol–water partition coefficient (Wildman–Crippen LogP) is 1.07. The van der Waals surface area contributed by atoms with E-state index in [2.05, 4.69) is 9.80 Å². The van der Waals surface area contributed by atoms with Crippen LogP contribution in [0.4, 0.5) is 0 Å². The molecule has 0 unspecified atom stereocenters. The number of esters is 2. The summed E-state index contributed by atoms with van der Waals surface area (Å²) in [5, 5.41) is 0. The predicted molar refractivity (Wildman–Crippen MR) is 83.4 cm³/mol. The largest absolute Gasteiger partial charge is 0.465 e. The standard InChI is InChI=1S/C13H18N2O4S2/c1-18-12(16)10-7-14(3-5-20-10)9-15-4-6-21-11(8-15)13(17)19-2/h7-8H,3-6,9H2,1-2H3.